The zero-order chi connectivity index (χ0) is 30.0. The maximum atomic E-state index is 10.4. The van der Waals surface area contributed by atoms with E-state index in [1.807, 2.05) is 62.5 Å². The molecule has 4 aromatic carbocycles. The number of rotatable bonds is 5. The number of hydrogen-bond acceptors (Lipinski definition) is 7. The van der Waals surface area contributed by atoms with Crippen LogP contribution in [-0.4, -0.2) is 31.6 Å². The van der Waals surface area contributed by atoms with Gasteiger partial charge in [0.05, 0.1) is 31.9 Å². The van der Waals surface area contributed by atoms with E-state index in [9.17, 15) is 18.2 Å². The number of fused-ring (bicyclic) bond motifs is 5. The fraction of sp³-hybridized carbons (Fsp3) is 0.125. The smallest absolute Gasteiger partial charge is 0.307 e. The standard InChI is InChI=1S/C25H20N4O2.C7H8O3S/c1-28-20-10-6-7-11-21(20)29-19-9-5-4-8-17(19)24(18(15-26)25(28)29)27-16-12-13-22(30-2)23(14-16)31-3;1-6-2-4-7(5-3-6)11(8,9)10/h4-14H,1-3H3;2-5H,1H3,(H,8,9,10). The molecule has 0 aliphatic heterocycles. The largest absolute Gasteiger partial charge is 0.744 e. The van der Waals surface area contributed by atoms with E-state index in [1.54, 1.807) is 26.4 Å². The average Bonchev–Trinajstić information content (AvgIpc) is 3.29. The lowest BCUT2D eigenvalue weighted by atomic mass is 10.1. The molecular formula is C32H28N4O5S. The number of nitriles is 1. The molecule has 0 bridgehead atoms. The van der Waals surface area contributed by atoms with Crippen LogP contribution in [0.5, 0.6) is 11.5 Å². The van der Waals surface area contributed by atoms with Crippen molar-refractivity contribution in [2.45, 2.75) is 11.8 Å². The molecule has 0 atom stereocenters. The van der Waals surface area contributed by atoms with E-state index in [2.05, 4.69) is 38.6 Å². The predicted molar refractivity (Wildman–Crippen MR) is 160 cm³/mol. The number of benzene rings is 4. The second kappa shape index (κ2) is 11.4. The zero-order valence-electron chi connectivity index (χ0n) is 23.5. The SMILES string of the molecule is COc1ccc(Nc2c(C#N)c3n(c4ccccc24)c2ccccc2[n+]3C)cc1OC.Cc1ccc(S(=O)(=O)[O-])cc1. The first-order valence-electron chi connectivity index (χ1n) is 12.9. The van der Waals surface area contributed by atoms with Crippen molar-refractivity contribution in [3.8, 4) is 17.6 Å². The third-order valence-electron chi connectivity index (χ3n) is 6.98. The Labute approximate surface area is 243 Å². The van der Waals surface area contributed by atoms with Gasteiger partial charge in [0.15, 0.2) is 28.1 Å². The molecule has 0 radical (unpaired) electrons. The van der Waals surface area contributed by atoms with Crippen LogP contribution in [0, 0.1) is 18.3 Å². The summed E-state index contributed by atoms with van der Waals surface area (Å²) in [7, 11) is 0.940. The monoisotopic (exact) mass is 580 g/mol. The van der Waals surface area contributed by atoms with Crippen LogP contribution in [0.2, 0.25) is 0 Å². The first-order valence-corrected chi connectivity index (χ1v) is 14.3. The summed E-state index contributed by atoms with van der Waals surface area (Å²) in [6.07, 6.45) is 0. The van der Waals surface area contributed by atoms with Crippen molar-refractivity contribution >= 4 is 49.1 Å². The molecule has 6 aromatic rings. The number of pyridine rings is 1. The van der Waals surface area contributed by atoms with Gasteiger partial charge >= 0.3 is 5.65 Å². The molecule has 1 N–H and O–H groups in total. The highest BCUT2D eigenvalue weighted by molar-refractivity contribution is 7.85. The summed E-state index contributed by atoms with van der Waals surface area (Å²) >= 11 is 0. The van der Waals surface area contributed by atoms with E-state index in [4.69, 9.17) is 9.47 Å². The number of methoxy groups -OCH3 is 2. The average molecular weight is 581 g/mol. The van der Waals surface area contributed by atoms with Crippen molar-refractivity contribution in [2.24, 2.45) is 7.05 Å². The molecule has 2 heterocycles. The minimum atomic E-state index is -4.27. The summed E-state index contributed by atoms with van der Waals surface area (Å²) in [6.45, 7) is 1.82. The molecule has 10 heteroatoms. The molecule has 0 unspecified atom stereocenters. The van der Waals surface area contributed by atoms with Gasteiger partial charge in [-0.3, -0.25) is 0 Å². The molecule has 0 spiro atoms. The van der Waals surface area contributed by atoms with Gasteiger partial charge in [-0.1, -0.05) is 42.0 Å². The molecule has 0 aliphatic carbocycles. The Bertz CT molecular complexity index is 2100. The molecule has 42 heavy (non-hydrogen) atoms. The predicted octanol–water partition coefficient (Wildman–Crippen LogP) is 5.60. The highest BCUT2D eigenvalue weighted by atomic mass is 32.2. The van der Waals surface area contributed by atoms with Crippen LogP contribution >= 0.6 is 0 Å². The topological polar surface area (TPSA) is 120 Å². The third-order valence-corrected chi connectivity index (χ3v) is 7.83. The van der Waals surface area contributed by atoms with Gasteiger partial charge in [-0.2, -0.15) is 9.66 Å². The second-order valence-corrected chi connectivity index (χ2v) is 10.9. The Hall–Kier alpha value is -5.11. The summed E-state index contributed by atoms with van der Waals surface area (Å²) in [6, 6.07) is 30.2. The molecule has 0 amide bonds. The molecule has 0 saturated heterocycles. The Balaban J connectivity index is 0.000000271. The number of aryl methyl sites for hydroxylation is 2. The summed E-state index contributed by atoms with van der Waals surface area (Å²) in [5, 5.41) is 14.7. The summed E-state index contributed by atoms with van der Waals surface area (Å²) in [4.78, 5) is -0.178. The highest BCUT2D eigenvalue weighted by Crippen LogP contribution is 2.36. The van der Waals surface area contributed by atoms with Crippen molar-refractivity contribution in [3.63, 3.8) is 0 Å². The van der Waals surface area contributed by atoms with E-state index >= 15 is 0 Å². The van der Waals surface area contributed by atoms with Gasteiger partial charge < -0.3 is 19.3 Å². The Morgan fingerprint density at radius 1 is 0.881 bits per heavy atom. The number of para-hydroxylation sites is 3. The van der Waals surface area contributed by atoms with E-state index < -0.39 is 10.1 Å². The number of ether oxygens (including phenoxy) is 2. The fourth-order valence-electron chi connectivity index (χ4n) is 4.96. The van der Waals surface area contributed by atoms with Crippen LogP contribution in [0.4, 0.5) is 11.4 Å². The van der Waals surface area contributed by atoms with Crippen molar-refractivity contribution in [3.05, 3.63) is 102 Å². The van der Waals surface area contributed by atoms with Crippen LogP contribution in [0.1, 0.15) is 11.1 Å². The number of nitrogens with one attached hydrogen (secondary N) is 1. The lowest BCUT2D eigenvalue weighted by Crippen LogP contribution is -2.28. The lowest BCUT2D eigenvalue weighted by molar-refractivity contribution is -0.618. The number of aromatic nitrogens is 2. The van der Waals surface area contributed by atoms with E-state index in [-0.39, 0.29) is 4.90 Å². The fourth-order valence-corrected chi connectivity index (χ4v) is 5.43. The maximum Gasteiger partial charge on any atom is 0.307 e. The zero-order valence-corrected chi connectivity index (χ0v) is 24.3. The molecule has 0 saturated carbocycles. The minimum absolute atomic E-state index is 0.178. The van der Waals surface area contributed by atoms with Gasteiger partial charge in [-0.25, -0.2) is 13.0 Å². The normalized spacial score (nSPS) is 11.1. The highest BCUT2D eigenvalue weighted by Gasteiger charge is 2.27. The lowest BCUT2D eigenvalue weighted by Gasteiger charge is -2.14. The van der Waals surface area contributed by atoms with Crippen molar-refractivity contribution in [1.29, 1.82) is 5.26 Å². The number of imidazole rings is 1. The van der Waals surface area contributed by atoms with Gasteiger partial charge in [0.25, 0.3) is 0 Å². The molecular weight excluding hydrogens is 552 g/mol. The number of hydrogen-bond donors (Lipinski definition) is 1. The Morgan fingerprint density at radius 2 is 1.52 bits per heavy atom. The van der Waals surface area contributed by atoms with Crippen LogP contribution in [-0.2, 0) is 17.2 Å². The van der Waals surface area contributed by atoms with E-state index in [0.29, 0.717) is 17.1 Å². The first-order chi connectivity index (χ1) is 20.2. The minimum Gasteiger partial charge on any atom is -0.744 e. The summed E-state index contributed by atoms with van der Waals surface area (Å²) in [5.41, 5.74) is 7.06. The molecule has 2 aromatic heterocycles. The van der Waals surface area contributed by atoms with Crippen molar-refractivity contribution in [1.82, 2.24) is 4.40 Å². The first kappa shape index (κ1) is 28.4. The van der Waals surface area contributed by atoms with Crippen LogP contribution in [0.3, 0.4) is 0 Å². The van der Waals surface area contributed by atoms with Gasteiger partial charge in [0.2, 0.25) is 0 Å². The second-order valence-electron chi connectivity index (χ2n) is 9.55. The van der Waals surface area contributed by atoms with Crippen molar-refractivity contribution < 1.29 is 27.0 Å². The molecule has 0 fully saturated rings. The Morgan fingerprint density at radius 3 is 2.17 bits per heavy atom. The van der Waals surface area contributed by atoms with Gasteiger partial charge in [-0.05, 0) is 55.5 Å². The van der Waals surface area contributed by atoms with Gasteiger partial charge in [0.1, 0.15) is 21.7 Å². The molecule has 0 aliphatic rings. The third kappa shape index (κ3) is 5.19. The molecule has 6 rings (SSSR count). The maximum absolute atomic E-state index is 10.4. The van der Waals surface area contributed by atoms with Gasteiger partial charge in [0, 0.05) is 17.1 Å². The quantitative estimate of drug-likeness (QED) is 0.208. The number of nitrogens with zero attached hydrogens (tertiary/aromatic N) is 3. The Kier molecular flexibility index (Phi) is 7.72. The molecule has 9 nitrogen and oxygen atoms in total. The van der Waals surface area contributed by atoms with Crippen LogP contribution < -0.4 is 19.4 Å². The number of anilines is 2. The van der Waals surface area contributed by atoms with Gasteiger partial charge in [-0.15, -0.1) is 0 Å². The van der Waals surface area contributed by atoms with Crippen molar-refractivity contribution in [2.75, 3.05) is 19.5 Å². The molecule has 212 valence electrons. The van der Waals surface area contributed by atoms with E-state index in [1.165, 1.54) is 12.1 Å². The summed E-state index contributed by atoms with van der Waals surface area (Å²) in [5.74, 6) is 1.27. The van der Waals surface area contributed by atoms with E-state index in [0.717, 1.165) is 44.5 Å². The van der Waals surface area contributed by atoms with Crippen LogP contribution in [0.15, 0.2) is 95.9 Å². The summed E-state index contributed by atoms with van der Waals surface area (Å²) < 4.78 is 46.2. The van der Waals surface area contributed by atoms with Crippen LogP contribution in [0.25, 0.3) is 27.6 Å².